The number of anilines is 2. The van der Waals surface area contributed by atoms with Crippen molar-refractivity contribution < 1.29 is 9.90 Å². The van der Waals surface area contributed by atoms with Crippen molar-refractivity contribution in [3.63, 3.8) is 0 Å². The van der Waals surface area contributed by atoms with Gasteiger partial charge in [-0.1, -0.05) is 0 Å². The van der Waals surface area contributed by atoms with Crippen molar-refractivity contribution in [1.29, 1.82) is 0 Å². The monoisotopic (exact) mass is 406 g/mol. The first kappa shape index (κ1) is 18.6. The van der Waals surface area contributed by atoms with Crippen LogP contribution in [0.5, 0.6) is 0 Å². The van der Waals surface area contributed by atoms with Gasteiger partial charge in [0.1, 0.15) is 12.0 Å². The Morgan fingerprint density at radius 3 is 2.67 bits per heavy atom. The second-order valence-corrected chi connectivity index (χ2v) is 7.67. The third-order valence-electron chi connectivity index (χ3n) is 5.71. The molecule has 5 rings (SSSR count). The maximum absolute atomic E-state index is 12.7. The Balaban J connectivity index is 1.51. The number of carbonyl (C=O) groups is 1. The van der Waals surface area contributed by atoms with E-state index in [1.54, 1.807) is 11.1 Å². The van der Waals surface area contributed by atoms with Crippen molar-refractivity contribution in [2.45, 2.75) is 44.8 Å². The molecule has 3 N–H and O–H groups in total. The van der Waals surface area contributed by atoms with E-state index in [-0.39, 0.29) is 24.6 Å². The quantitative estimate of drug-likeness (QED) is 0.598. The largest absolute Gasteiger partial charge is 0.393 e. The lowest BCUT2D eigenvalue weighted by molar-refractivity contribution is -0.118. The smallest absolute Gasteiger partial charge is 0.247 e. The molecule has 10 heteroatoms. The zero-order valence-corrected chi connectivity index (χ0v) is 16.5. The highest BCUT2D eigenvalue weighted by molar-refractivity contribution is 6.01. The van der Waals surface area contributed by atoms with Gasteiger partial charge in [0, 0.05) is 17.3 Å². The molecule has 0 saturated heterocycles. The second kappa shape index (κ2) is 7.45. The number of aliphatic hydroxyl groups is 1. The molecule has 1 amide bonds. The van der Waals surface area contributed by atoms with Gasteiger partial charge in [0.25, 0.3) is 0 Å². The first-order valence-electron chi connectivity index (χ1n) is 10.0. The molecule has 0 atom stereocenters. The fourth-order valence-corrected chi connectivity index (χ4v) is 4.15. The van der Waals surface area contributed by atoms with E-state index >= 15 is 0 Å². The van der Waals surface area contributed by atoms with Crippen LogP contribution < -0.4 is 10.2 Å². The second-order valence-electron chi connectivity index (χ2n) is 7.67. The van der Waals surface area contributed by atoms with Crippen molar-refractivity contribution in [3.8, 4) is 22.8 Å². The number of nitrogens with zero attached hydrogens (tertiary/aromatic N) is 6. The molecule has 0 unspecified atom stereocenters. The molecule has 1 saturated carbocycles. The number of hydrogen-bond donors (Lipinski definition) is 3. The Kier molecular flexibility index (Phi) is 4.62. The van der Waals surface area contributed by atoms with Crippen LogP contribution in [0.2, 0.25) is 0 Å². The molecule has 1 aliphatic carbocycles. The number of aromatic amines is 1. The minimum atomic E-state index is -0.284. The summed E-state index contributed by atoms with van der Waals surface area (Å²) in [6.07, 6.45) is 5.75. The van der Waals surface area contributed by atoms with Crippen molar-refractivity contribution in [1.82, 2.24) is 30.1 Å². The van der Waals surface area contributed by atoms with Crippen molar-refractivity contribution >= 4 is 17.5 Å². The normalized spacial score (nSPS) is 21.3. The molecule has 4 heterocycles. The maximum atomic E-state index is 12.7. The zero-order valence-electron chi connectivity index (χ0n) is 16.5. The van der Waals surface area contributed by atoms with Crippen LogP contribution in [0.3, 0.4) is 0 Å². The predicted molar refractivity (Wildman–Crippen MR) is 110 cm³/mol. The number of aliphatic hydroxyl groups excluding tert-OH is 1. The van der Waals surface area contributed by atoms with Crippen LogP contribution >= 0.6 is 0 Å². The number of amides is 1. The molecule has 0 radical (unpaired) electrons. The Bertz CT molecular complexity index is 1080. The van der Waals surface area contributed by atoms with Crippen LogP contribution in [-0.4, -0.2) is 59.8 Å². The number of carbonyl (C=O) groups excluding carboxylic acids is 1. The number of pyridine rings is 1. The van der Waals surface area contributed by atoms with Crippen molar-refractivity contribution in [2.24, 2.45) is 0 Å². The van der Waals surface area contributed by atoms with Crippen LogP contribution in [0.1, 0.15) is 31.4 Å². The van der Waals surface area contributed by atoms with Crippen LogP contribution in [0, 0.1) is 6.92 Å². The van der Waals surface area contributed by atoms with Gasteiger partial charge in [-0.05, 0) is 44.7 Å². The lowest BCUT2D eigenvalue weighted by Crippen LogP contribution is -2.49. The Morgan fingerprint density at radius 1 is 1.10 bits per heavy atom. The summed E-state index contributed by atoms with van der Waals surface area (Å²) >= 11 is 0. The minimum absolute atomic E-state index is 0.0224. The Labute approximate surface area is 172 Å². The molecular weight excluding hydrogens is 384 g/mol. The lowest BCUT2D eigenvalue weighted by atomic mass is 9.91. The number of H-pyrrole nitrogens is 1. The van der Waals surface area contributed by atoms with E-state index in [0.717, 1.165) is 24.1 Å². The maximum Gasteiger partial charge on any atom is 0.247 e. The molecule has 3 aromatic heterocycles. The van der Waals surface area contributed by atoms with E-state index in [1.807, 2.05) is 19.1 Å². The number of fused-ring (bicyclic) bond motifs is 1. The van der Waals surface area contributed by atoms with Gasteiger partial charge >= 0.3 is 0 Å². The average molecular weight is 406 g/mol. The van der Waals surface area contributed by atoms with Crippen LogP contribution in [0.4, 0.5) is 11.6 Å². The molecule has 10 nitrogen and oxygen atoms in total. The first-order valence-corrected chi connectivity index (χ1v) is 10.0. The van der Waals surface area contributed by atoms with Gasteiger partial charge in [0.05, 0.1) is 24.5 Å². The minimum Gasteiger partial charge on any atom is -0.393 e. The predicted octanol–water partition coefficient (Wildman–Crippen LogP) is 1.69. The van der Waals surface area contributed by atoms with E-state index in [1.165, 1.54) is 6.33 Å². The first-order chi connectivity index (χ1) is 14.6. The summed E-state index contributed by atoms with van der Waals surface area (Å²) in [4.78, 5) is 32.6. The zero-order chi connectivity index (χ0) is 20.7. The fraction of sp³-hybridized carbons (Fsp3) is 0.400. The molecule has 2 aliphatic rings. The van der Waals surface area contributed by atoms with Gasteiger partial charge in [0.15, 0.2) is 17.5 Å². The molecule has 0 bridgehead atoms. The number of hydrogen-bond acceptors (Lipinski definition) is 8. The van der Waals surface area contributed by atoms with Gasteiger partial charge in [-0.3, -0.25) is 14.8 Å². The van der Waals surface area contributed by atoms with Crippen molar-refractivity contribution in [3.05, 3.63) is 30.4 Å². The molecule has 30 heavy (non-hydrogen) atoms. The highest BCUT2D eigenvalue weighted by Gasteiger charge is 2.35. The standard InChI is InChI=1S/C20H22N8O2/c1-11-14(6-7-15(25-11)18-23-10-24-27-18)16-8-21-19-20(26-16)28(17(30)9-22-19)12-2-4-13(29)5-3-12/h6-8,10,12-13,29H,2-5,9H2,1H3,(H,21,22)(H,23,24,27). The Hall–Kier alpha value is -3.40. The van der Waals surface area contributed by atoms with Gasteiger partial charge < -0.3 is 10.4 Å². The van der Waals surface area contributed by atoms with E-state index in [9.17, 15) is 9.90 Å². The summed E-state index contributed by atoms with van der Waals surface area (Å²) < 4.78 is 0. The van der Waals surface area contributed by atoms with E-state index in [2.05, 4.69) is 30.5 Å². The lowest BCUT2D eigenvalue weighted by Gasteiger charge is -2.38. The number of rotatable bonds is 3. The Morgan fingerprint density at radius 2 is 1.93 bits per heavy atom. The topological polar surface area (TPSA) is 133 Å². The summed E-state index contributed by atoms with van der Waals surface area (Å²) in [5.74, 6) is 1.73. The van der Waals surface area contributed by atoms with E-state index in [4.69, 9.17) is 4.98 Å². The molecule has 1 fully saturated rings. The summed E-state index contributed by atoms with van der Waals surface area (Å²) in [6.45, 7) is 2.10. The van der Waals surface area contributed by atoms with Crippen LogP contribution in [-0.2, 0) is 4.79 Å². The van der Waals surface area contributed by atoms with Crippen LogP contribution in [0.25, 0.3) is 22.8 Å². The van der Waals surface area contributed by atoms with Gasteiger partial charge in [-0.2, -0.15) is 5.10 Å². The average Bonchev–Trinajstić information content (AvgIpc) is 3.29. The molecular formula is C20H22N8O2. The van der Waals surface area contributed by atoms with Crippen LogP contribution in [0.15, 0.2) is 24.7 Å². The molecule has 3 aromatic rings. The molecule has 1 aliphatic heterocycles. The van der Waals surface area contributed by atoms with Gasteiger partial charge in [-0.25, -0.2) is 19.9 Å². The van der Waals surface area contributed by atoms with Crippen molar-refractivity contribution in [2.75, 3.05) is 16.8 Å². The fourth-order valence-electron chi connectivity index (χ4n) is 4.15. The highest BCUT2D eigenvalue weighted by atomic mass is 16.3. The molecule has 0 spiro atoms. The number of aryl methyl sites for hydroxylation is 1. The summed E-state index contributed by atoms with van der Waals surface area (Å²) in [5, 5.41) is 19.6. The third kappa shape index (κ3) is 3.28. The number of aromatic nitrogens is 6. The highest BCUT2D eigenvalue weighted by Crippen LogP contribution is 2.34. The molecule has 0 aromatic carbocycles. The summed E-state index contributed by atoms with van der Waals surface area (Å²) in [7, 11) is 0. The van der Waals surface area contributed by atoms with Gasteiger partial charge in [0.2, 0.25) is 5.91 Å². The summed E-state index contributed by atoms with van der Waals surface area (Å²) in [5.41, 5.74) is 2.96. The van der Waals surface area contributed by atoms with Gasteiger partial charge in [-0.15, -0.1) is 0 Å². The van der Waals surface area contributed by atoms with E-state index in [0.29, 0.717) is 41.7 Å². The SMILES string of the molecule is Cc1nc(-c2ncn[nH]2)ccc1-c1cnc2c(n1)N(C1CCC(O)CC1)C(=O)CN2. The number of nitrogens with one attached hydrogen (secondary N) is 2. The summed E-state index contributed by atoms with van der Waals surface area (Å²) in [6, 6.07) is 3.81. The molecule has 154 valence electrons. The third-order valence-corrected chi connectivity index (χ3v) is 5.71. The van der Waals surface area contributed by atoms with E-state index < -0.39 is 0 Å².